The second kappa shape index (κ2) is 5.87. The van der Waals surface area contributed by atoms with Gasteiger partial charge in [-0.15, -0.1) is 11.3 Å². The van der Waals surface area contributed by atoms with Crippen molar-refractivity contribution in [3.63, 3.8) is 0 Å². The number of rotatable bonds is 5. The zero-order valence-electron chi connectivity index (χ0n) is 12.3. The number of fused-ring (bicyclic) bond motifs is 1. The number of benzene rings is 1. The fourth-order valence-corrected chi connectivity index (χ4v) is 5.32. The molecule has 0 bridgehead atoms. The lowest BCUT2D eigenvalue weighted by atomic mass is 10.1. The van der Waals surface area contributed by atoms with Crippen molar-refractivity contribution in [3.05, 3.63) is 50.4 Å². The topological polar surface area (TPSA) is 132 Å². The normalized spacial score (nSPS) is 13.5. The van der Waals surface area contributed by atoms with Gasteiger partial charge in [0.2, 0.25) is 0 Å². The largest absolute Gasteiger partial charge is 0.365 e. The van der Waals surface area contributed by atoms with Crippen molar-refractivity contribution in [3.8, 4) is 0 Å². The molecule has 1 amide bonds. The van der Waals surface area contributed by atoms with Gasteiger partial charge in [0.05, 0.1) is 15.4 Å². The molecule has 0 fully saturated rings. The highest BCUT2D eigenvalue weighted by Gasteiger charge is 2.28. The van der Waals surface area contributed by atoms with Crippen molar-refractivity contribution in [2.24, 2.45) is 5.73 Å². The number of nitro groups is 1. The maximum absolute atomic E-state index is 12.5. The van der Waals surface area contributed by atoms with Crippen molar-refractivity contribution in [2.45, 2.75) is 24.2 Å². The molecule has 0 atom stereocenters. The predicted octanol–water partition coefficient (Wildman–Crippen LogP) is 2.04. The molecule has 1 aliphatic rings. The lowest BCUT2D eigenvalue weighted by molar-refractivity contribution is -0.385. The Morgan fingerprint density at radius 3 is 2.75 bits per heavy atom. The van der Waals surface area contributed by atoms with Crippen molar-refractivity contribution in [2.75, 3.05) is 4.72 Å². The average molecular weight is 367 g/mol. The molecule has 1 heterocycles. The van der Waals surface area contributed by atoms with E-state index in [1.54, 1.807) is 0 Å². The average Bonchev–Trinajstić information content (AvgIpc) is 3.06. The molecule has 0 radical (unpaired) electrons. The lowest BCUT2D eigenvalue weighted by Crippen LogP contribution is -2.18. The van der Waals surface area contributed by atoms with E-state index in [2.05, 4.69) is 4.72 Å². The van der Waals surface area contributed by atoms with E-state index in [0.29, 0.717) is 6.42 Å². The van der Waals surface area contributed by atoms with Crippen LogP contribution in [0.25, 0.3) is 0 Å². The minimum absolute atomic E-state index is 0.165. The van der Waals surface area contributed by atoms with Gasteiger partial charge in [-0.05, 0) is 30.9 Å². The number of hydrogen-bond donors (Lipinski definition) is 2. The molecule has 1 aromatic heterocycles. The predicted molar refractivity (Wildman–Crippen MR) is 88.8 cm³/mol. The van der Waals surface area contributed by atoms with Gasteiger partial charge in [0.15, 0.2) is 0 Å². The van der Waals surface area contributed by atoms with Crippen LogP contribution in [0.15, 0.2) is 29.2 Å². The summed E-state index contributed by atoms with van der Waals surface area (Å²) < 4.78 is 27.3. The summed E-state index contributed by atoms with van der Waals surface area (Å²) in [5.41, 5.74) is 6.06. The van der Waals surface area contributed by atoms with Gasteiger partial charge in [0, 0.05) is 17.0 Å². The van der Waals surface area contributed by atoms with Gasteiger partial charge in [0.25, 0.3) is 21.6 Å². The third-order valence-corrected chi connectivity index (χ3v) is 6.42. The molecular weight excluding hydrogens is 354 g/mol. The number of carbonyl (C=O) groups is 1. The van der Waals surface area contributed by atoms with E-state index >= 15 is 0 Å². The Bertz CT molecular complexity index is 949. The van der Waals surface area contributed by atoms with Crippen LogP contribution in [0.3, 0.4) is 0 Å². The maximum atomic E-state index is 12.5. The minimum Gasteiger partial charge on any atom is -0.365 e. The smallest absolute Gasteiger partial charge is 0.270 e. The molecule has 24 heavy (non-hydrogen) atoms. The highest BCUT2D eigenvalue weighted by molar-refractivity contribution is 7.93. The number of nitro benzene ring substituents is 1. The first-order chi connectivity index (χ1) is 11.3. The fourth-order valence-electron chi connectivity index (χ4n) is 2.68. The van der Waals surface area contributed by atoms with Gasteiger partial charge < -0.3 is 5.73 Å². The van der Waals surface area contributed by atoms with Crippen molar-refractivity contribution < 1.29 is 18.1 Å². The van der Waals surface area contributed by atoms with Gasteiger partial charge in [-0.3, -0.25) is 19.6 Å². The van der Waals surface area contributed by atoms with Crippen LogP contribution in [-0.4, -0.2) is 19.2 Å². The Morgan fingerprint density at radius 2 is 2.08 bits per heavy atom. The van der Waals surface area contributed by atoms with E-state index in [-0.39, 0.29) is 21.1 Å². The highest BCUT2D eigenvalue weighted by atomic mass is 32.2. The summed E-state index contributed by atoms with van der Waals surface area (Å²) in [5, 5.41) is 11.0. The van der Waals surface area contributed by atoms with Crippen LogP contribution in [0.4, 0.5) is 10.7 Å². The molecule has 0 saturated heterocycles. The van der Waals surface area contributed by atoms with Gasteiger partial charge in [0.1, 0.15) is 5.00 Å². The second-order valence-electron chi connectivity index (χ2n) is 5.29. The van der Waals surface area contributed by atoms with Crippen LogP contribution < -0.4 is 10.5 Å². The number of aryl methyl sites for hydroxylation is 1. The Labute approximate surface area is 141 Å². The SMILES string of the molecule is NC(=O)c1c(NS(=O)(=O)c2cccc([N+](=O)[O-])c2)sc2c1CCC2. The molecule has 0 saturated carbocycles. The Hall–Kier alpha value is -2.46. The number of amides is 1. The second-order valence-corrected chi connectivity index (χ2v) is 8.07. The fraction of sp³-hybridized carbons (Fsp3) is 0.214. The van der Waals surface area contributed by atoms with E-state index in [1.165, 1.54) is 29.5 Å². The van der Waals surface area contributed by atoms with E-state index in [9.17, 15) is 23.3 Å². The molecule has 3 N–H and O–H groups in total. The molecular formula is C14H13N3O5S2. The first-order valence-electron chi connectivity index (χ1n) is 7.01. The van der Waals surface area contributed by atoms with E-state index in [0.717, 1.165) is 29.3 Å². The Kier molecular flexibility index (Phi) is 4.01. The number of sulfonamides is 1. The van der Waals surface area contributed by atoms with Crippen LogP contribution in [0.1, 0.15) is 27.2 Å². The molecule has 0 unspecified atom stereocenters. The molecule has 10 heteroatoms. The monoisotopic (exact) mass is 367 g/mol. The van der Waals surface area contributed by atoms with Gasteiger partial charge in [-0.1, -0.05) is 6.07 Å². The highest BCUT2D eigenvalue weighted by Crippen LogP contribution is 2.39. The van der Waals surface area contributed by atoms with Gasteiger partial charge in [-0.25, -0.2) is 8.42 Å². The standard InChI is InChI=1S/C14H13N3O5S2/c15-13(18)12-10-5-2-6-11(10)23-14(12)16-24(21,22)9-4-1-3-8(7-9)17(19)20/h1,3-4,7,16H,2,5-6H2,(H2,15,18). The number of hydrogen-bond acceptors (Lipinski definition) is 6. The van der Waals surface area contributed by atoms with Gasteiger partial charge in [-0.2, -0.15) is 0 Å². The summed E-state index contributed by atoms with van der Waals surface area (Å²) in [6.45, 7) is 0. The Balaban J connectivity index is 2.00. The summed E-state index contributed by atoms with van der Waals surface area (Å²) in [6.07, 6.45) is 2.36. The molecule has 3 rings (SSSR count). The van der Waals surface area contributed by atoms with Gasteiger partial charge >= 0.3 is 0 Å². The van der Waals surface area contributed by atoms with Crippen LogP contribution in [-0.2, 0) is 22.9 Å². The van der Waals surface area contributed by atoms with Crippen LogP contribution in [0.5, 0.6) is 0 Å². The van der Waals surface area contributed by atoms with Crippen molar-refractivity contribution in [1.82, 2.24) is 0 Å². The number of non-ortho nitro benzene ring substituents is 1. The summed E-state index contributed by atoms with van der Waals surface area (Å²) in [6, 6.07) is 4.71. The minimum atomic E-state index is -4.06. The van der Waals surface area contributed by atoms with Crippen LogP contribution in [0.2, 0.25) is 0 Å². The third-order valence-electron chi connectivity index (χ3n) is 3.73. The zero-order chi connectivity index (χ0) is 17.5. The molecule has 1 aliphatic carbocycles. The quantitative estimate of drug-likeness (QED) is 0.616. The molecule has 2 aromatic rings. The Morgan fingerprint density at radius 1 is 1.33 bits per heavy atom. The summed E-state index contributed by atoms with van der Waals surface area (Å²) >= 11 is 1.18. The van der Waals surface area contributed by atoms with E-state index in [4.69, 9.17) is 5.73 Å². The third kappa shape index (κ3) is 2.85. The number of anilines is 1. The van der Waals surface area contributed by atoms with Crippen LogP contribution in [0, 0.1) is 10.1 Å². The van der Waals surface area contributed by atoms with E-state index in [1.807, 2.05) is 0 Å². The number of nitrogens with two attached hydrogens (primary N) is 1. The molecule has 1 aromatic carbocycles. The molecule has 0 spiro atoms. The van der Waals surface area contributed by atoms with E-state index < -0.39 is 20.9 Å². The number of carbonyl (C=O) groups excluding carboxylic acids is 1. The summed E-state index contributed by atoms with van der Waals surface area (Å²) in [4.78, 5) is 22.5. The number of thiophene rings is 1. The van der Waals surface area contributed by atoms with Crippen molar-refractivity contribution >= 4 is 38.0 Å². The van der Waals surface area contributed by atoms with Crippen molar-refractivity contribution in [1.29, 1.82) is 0 Å². The zero-order valence-corrected chi connectivity index (χ0v) is 13.9. The van der Waals surface area contributed by atoms with Crippen LogP contribution >= 0.6 is 11.3 Å². The first kappa shape index (κ1) is 16.4. The molecule has 0 aliphatic heterocycles. The number of nitrogens with zero attached hydrogens (tertiary/aromatic N) is 1. The molecule has 126 valence electrons. The lowest BCUT2D eigenvalue weighted by Gasteiger charge is -2.08. The number of nitrogens with one attached hydrogen (secondary N) is 1. The molecule has 8 nitrogen and oxygen atoms in total. The number of primary amides is 1. The maximum Gasteiger partial charge on any atom is 0.270 e. The summed E-state index contributed by atoms with van der Waals surface area (Å²) in [7, 11) is -4.06. The summed E-state index contributed by atoms with van der Waals surface area (Å²) in [5.74, 6) is -0.689. The first-order valence-corrected chi connectivity index (χ1v) is 9.31.